The molecule has 0 radical (unpaired) electrons. The minimum Gasteiger partial charge on any atom is -0.337 e. The number of rotatable bonds is 7. The first-order valence-electron chi connectivity index (χ1n) is 8.89. The van der Waals surface area contributed by atoms with Crippen molar-refractivity contribution in [2.45, 2.75) is 42.8 Å². The highest BCUT2D eigenvalue weighted by molar-refractivity contribution is 7.99. The van der Waals surface area contributed by atoms with Crippen LogP contribution < -0.4 is 4.72 Å². The summed E-state index contributed by atoms with van der Waals surface area (Å²) < 4.78 is 52.7. The first-order chi connectivity index (χ1) is 13.2. The Morgan fingerprint density at radius 2 is 2.11 bits per heavy atom. The third-order valence-corrected chi connectivity index (χ3v) is 6.03. The number of benzene rings is 1. The number of hydrogen-bond donors (Lipinski definition) is 1. The molecule has 7 nitrogen and oxygen atoms in total. The van der Waals surface area contributed by atoms with E-state index in [2.05, 4.69) is 9.71 Å². The number of nitrogens with one attached hydrogen (secondary N) is 1. The van der Waals surface area contributed by atoms with Crippen LogP contribution >= 0.6 is 11.8 Å². The monoisotopic (exact) mass is 432 g/mol. The minimum absolute atomic E-state index is 0.0902. The standard InChI is InChI=1S/C17H22F2N4O3S2/c1-28(25,26)20-10-12-6-4-5-9-22(12)15(24)11-23-14-8-3-2-7-13(14)21-17(23)27-16(18)19/h2-3,7-8,12,16,20H,4-6,9-11H2,1H3/t12-/m1/s1. The maximum absolute atomic E-state index is 13.0. The lowest BCUT2D eigenvalue weighted by Crippen LogP contribution is -2.50. The number of likely N-dealkylation sites (tertiary alicyclic amines) is 1. The fourth-order valence-electron chi connectivity index (χ4n) is 3.39. The number of amides is 1. The third-order valence-electron chi connectivity index (χ3n) is 4.64. The van der Waals surface area contributed by atoms with E-state index >= 15 is 0 Å². The molecule has 1 aromatic heterocycles. The first-order valence-corrected chi connectivity index (χ1v) is 11.7. The molecule has 2 heterocycles. The maximum atomic E-state index is 13.0. The van der Waals surface area contributed by atoms with Crippen molar-refractivity contribution in [3.05, 3.63) is 24.3 Å². The van der Waals surface area contributed by atoms with Gasteiger partial charge in [0.15, 0.2) is 5.16 Å². The molecule has 0 spiro atoms. The number of aromatic nitrogens is 2. The highest BCUT2D eigenvalue weighted by Crippen LogP contribution is 2.29. The van der Waals surface area contributed by atoms with Gasteiger partial charge in [0.05, 0.1) is 17.3 Å². The first kappa shape index (κ1) is 21.0. The number of nitrogens with zero attached hydrogens (tertiary/aromatic N) is 3. The van der Waals surface area contributed by atoms with Crippen LogP contribution in [0, 0.1) is 0 Å². The number of hydrogen-bond acceptors (Lipinski definition) is 5. The molecular weight excluding hydrogens is 410 g/mol. The van der Waals surface area contributed by atoms with Gasteiger partial charge in [-0.1, -0.05) is 12.1 Å². The van der Waals surface area contributed by atoms with E-state index < -0.39 is 15.8 Å². The summed E-state index contributed by atoms with van der Waals surface area (Å²) in [6.45, 7) is 0.539. The van der Waals surface area contributed by atoms with Crippen LogP contribution in [0.25, 0.3) is 11.0 Å². The normalized spacial score (nSPS) is 18.1. The van der Waals surface area contributed by atoms with Gasteiger partial charge in [-0.25, -0.2) is 18.1 Å². The zero-order valence-corrected chi connectivity index (χ0v) is 17.0. The van der Waals surface area contributed by atoms with Crippen LogP contribution in [0.3, 0.4) is 0 Å². The summed E-state index contributed by atoms with van der Waals surface area (Å²) in [6, 6.07) is 6.73. The van der Waals surface area contributed by atoms with E-state index in [-0.39, 0.29) is 30.2 Å². The number of imidazole rings is 1. The summed E-state index contributed by atoms with van der Waals surface area (Å²) in [6.07, 6.45) is 3.50. The Morgan fingerprint density at radius 1 is 1.36 bits per heavy atom. The van der Waals surface area contributed by atoms with Crippen molar-refractivity contribution in [2.75, 3.05) is 19.3 Å². The number of sulfonamides is 1. The molecule has 1 N–H and O–H groups in total. The molecule has 2 aromatic rings. The van der Waals surface area contributed by atoms with E-state index in [4.69, 9.17) is 0 Å². The molecule has 0 aliphatic carbocycles. The Kier molecular flexibility index (Phi) is 6.56. The number of para-hydroxylation sites is 2. The van der Waals surface area contributed by atoms with Crippen LogP contribution in [-0.2, 0) is 21.4 Å². The van der Waals surface area contributed by atoms with Crippen LogP contribution in [0.5, 0.6) is 0 Å². The van der Waals surface area contributed by atoms with Gasteiger partial charge in [-0.15, -0.1) is 0 Å². The van der Waals surface area contributed by atoms with Crippen molar-refractivity contribution >= 4 is 38.7 Å². The Bertz CT molecular complexity index is 949. The molecule has 3 rings (SSSR count). The lowest BCUT2D eigenvalue weighted by atomic mass is 10.0. The molecule has 0 unspecified atom stereocenters. The quantitative estimate of drug-likeness (QED) is 0.679. The maximum Gasteiger partial charge on any atom is 0.291 e. The van der Waals surface area contributed by atoms with Crippen molar-refractivity contribution < 1.29 is 22.0 Å². The Balaban J connectivity index is 1.82. The summed E-state index contributed by atoms with van der Waals surface area (Å²) in [5.41, 5.74) is 1.16. The van der Waals surface area contributed by atoms with Gasteiger partial charge >= 0.3 is 0 Å². The Morgan fingerprint density at radius 3 is 2.82 bits per heavy atom. The lowest BCUT2D eigenvalue weighted by Gasteiger charge is -2.36. The SMILES string of the molecule is CS(=O)(=O)NC[C@H]1CCCCN1C(=O)Cn1c(SC(F)F)nc2ccccc21. The zero-order valence-electron chi connectivity index (χ0n) is 15.3. The second-order valence-corrected chi connectivity index (χ2v) is 9.50. The molecule has 1 fully saturated rings. The van der Waals surface area contributed by atoms with Gasteiger partial charge in [-0.05, 0) is 43.2 Å². The predicted octanol–water partition coefficient (Wildman–Crippen LogP) is 2.28. The van der Waals surface area contributed by atoms with Crippen molar-refractivity contribution in [3.8, 4) is 0 Å². The molecule has 1 aliphatic rings. The van der Waals surface area contributed by atoms with E-state index in [1.165, 1.54) is 4.57 Å². The van der Waals surface area contributed by atoms with Crippen LogP contribution in [0.15, 0.2) is 29.4 Å². The number of alkyl halides is 2. The largest absolute Gasteiger partial charge is 0.337 e. The van der Waals surface area contributed by atoms with Crippen molar-refractivity contribution in [1.82, 2.24) is 19.2 Å². The highest BCUT2D eigenvalue weighted by Gasteiger charge is 2.28. The number of fused-ring (bicyclic) bond motifs is 1. The van der Waals surface area contributed by atoms with E-state index in [1.54, 1.807) is 29.2 Å². The zero-order chi connectivity index (χ0) is 20.3. The molecule has 1 saturated heterocycles. The number of thioether (sulfide) groups is 1. The third kappa shape index (κ3) is 5.21. The van der Waals surface area contributed by atoms with Gasteiger partial charge in [0.1, 0.15) is 6.54 Å². The van der Waals surface area contributed by atoms with Gasteiger partial charge < -0.3 is 9.47 Å². The lowest BCUT2D eigenvalue weighted by molar-refractivity contribution is -0.135. The van der Waals surface area contributed by atoms with Crippen LogP contribution in [-0.4, -0.2) is 59.9 Å². The molecule has 1 amide bonds. The van der Waals surface area contributed by atoms with E-state index in [9.17, 15) is 22.0 Å². The van der Waals surface area contributed by atoms with Crippen LogP contribution in [0.4, 0.5) is 8.78 Å². The van der Waals surface area contributed by atoms with E-state index in [0.717, 1.165) is 19.1 Å². The number of halogens is 2. The summed E-state index contributed by atoms with van der Waals surface area (Å²) in [5.74, 6) is -2.88. The number of carbonyl (C=O) groups is 1. The molecule has 1 aliphatic heterocycles. The summed E-state index contributed by atoms with van der Waals surface area (Å²) in [4.78, 5) is 18.9. The fourth-order valence-corrected chi connectivity index (χ4v) is 4.49. The van der Waals surface area contributed by atoms with E-state index in [1.807, 2.05) is 0 Å². The molecule has 1 aromatic carbocycles. The number of carbonyl (C=O) groups excluding carboxylic acids is 1. The highest BCUT2D eigenvalue weighted by atomic mass is 32.2. The van der Waals surface area contributed by atoms with Gasteiger partial charge in [0, 0.05) is 19.1 Å². The number of piperidine rings is 1. The van der Waals surface area contributed by atoms with Gasteiger partial charge in [0.2, 0.25) is 15.9 Å². The second-order valence-electron chi connectivity index (χ2n) is 6.71. The average molecular weight is 433 g/mol. The van der Waals surface area contributed by atoms with E-state index in [0.29, 0.717) is 35.8 Å². The van der Waals surface area contributed by atoms with Crippen LogP contribution in [0.2, 0.25) is 0 Å². The molecule has 11 heteroatoms. The van der Waals surface area contributed by atoms with Crippen molar-refractivity contribution in [1.29, 1.82) is 0 Å². The van der Waals surface area contributed by atoms with Crippen molar-refractivity contribution in [3.63, 3.8) is 0 Å². The van der Waals surface area contributed by atoms with Gasteiger partial charge in [-0.3, -0.25) is 4.79 Å². The molecular formula is C17H22F2N4O3S2. The molecule has 0 bridgehead atoms. The minimum atomic E-state index is -3.36. The second kappa shape index (κ2) is 8.75. The smallest absolute Gasteiger partial charge is 0.291 e. The predicted molar refractivity (Wildman–Crippen MR) is 104 cm³/mol. The Hall–Kier alpha value is -1.72. The average Bonchev–Trinajstić information content (AvgIpc) is 2.96. The summed E-state index contributed by atoms with van der Waals surface area (Å²) in [7, 11) is -3.36. The molecule has 28 heavy (non-hydrogen) atoms. The molecule has 154 valence electrons. The topological polar surface area (TPSA) is 84.3 Å². The molecule has 1 atom stereocenters. The summed E-state index contributed by atoms with van der Waals surface area (Å²) >= 11 is 0.310. The summed E-state index contributed by atoms with van der Waals surface area (Å²) in [5, 5.41) is 0.0902. The van der Waals surface area contributed by atoms with Gasteiger partial charge in [0.25, 0.3) is 5.76 Å². The van der Waals surface area contributed by atoms with Gasteiger partial charge in [-0.2, -0.15) is 8.78 Å². The molecule has 0 saturated carbocycles. The fraction of sp³-hybridized carbons (Fsp3) is 0.529. The van der Waals surface area contributed by atoms with Crippen LogP contribution in [0.1, 0.15) is 19.3 Å². The Labute approximate surface area is 166 Å². The van der Waals surface area contributed by atoms with Crippen molar-refractivity contribution in [2.24, 2.45) is 0 Å².